The molecule has 0 aliphatic carbocycles. The number of carbonyl (C=O) groups is 3. The molecule has 1 fully saturated rings. The molecular formula is C19H28N4O3. The number of benzene rings is 1. The quantitative estimate of drug-likeness (QED) is 0.741. The maximum atomic E-state index is 12.3. The zero-order valence-electron chi connectivity index (χ0n) is 15.5. The SMILES string of the molecule is CC(C)NC(=O)CN1CCN(C(=O)CCNC(=O)c2ccccc2)CC1. The Balaban J connectivity index is 1.65. The van der Waals surface area contributed by atoms with Crippen LogP contribution in [0.2, 0.25) is 0 Å². The van der Waals surface area contributed by atoms with Gasteiger partial charge < -0.3 is 15.5 Å². The predicted octanol–water partition coefficient (Wildman–Crippen LogP) is 0.475. The first-order valence-corrected chi connectivity index (χ1v) is 9.08. The zero-order chi connectivity index (χ0) is 18.9. The molecule has 0 unspecified atom stereocenters. The minimum absolute atomic E-state index is 0.0170. The summed E-state index contributed by atoms with van der Waals surface area (Å²) in [6.45, 7) is 7.16. The highest BCUT2D eigenvalue weighted by Crippen LogP contribution is 2.04. The van der Waals surface area contributed by atoms with E-state index in [0.717, 1.165) is 0 Å². The second-order valence-electron chi connectivity index (χ2n) is 6.75. The van der Waals surface area contributed by atoms with Gasteiger partial charge in [-0.05, 0) is 26.0 Å². The van der Waals surface area contributed by atoms with Gasteiger partial charge in [-0.15, -0.1) is 0 Å². The lowest BCUT2D eigenvalue weighted by Crippen LogP contribution is -2.51. The highest BCUT2D eigenvalue weighted by Gasteiger charge is 2.22. The van der Waals surface area contributed by atoms with E-state index < -0.39 is 0 Å². The summed E-state index contributed by atoms with van der Waals surface area (Å²) in [5.74, 6) is -0.118. The van der Waals surface area contributed by atoms with Gasteiger partial charge in [0.1, 0.15) is 0 Å². The van der Waals surface area contributed by atoms with Crippen molar-refractivity contribution >= 4 is 17.7 Å². The Bertz CT molecular complexity index is 610. The molecule has 0 bridgehead atoms. The summed E-state index contributed by atoms with van der Waals surface area (Å²) in [4.78, 5) is 39.8. The van der Waals surface area contributed by atoms with Crippen molar-refractivity contribution in [3.63, 3.8) is 0 Å². The van der Waals surface area contributed by atoms with E-state index in [1.807, 2.05) is 19.9 Å². The summed E-state index contributed by atoms with van der Waals surface area (Å²) in [7, 11) is 0. The Morgan fingerprint density at radius 3 is 2.31 bits per heavy atom. The number of rotatable bonds is 7. The molecule has 0 radical (unpaired) electrons. The van der Waals surface area contributed by atoms with Crippen LogP contribution < -0.4 is 10.6 Å². The van der Waals surface area contributed by atoms with E-state index in [0.29, 0.717) is 44.8 Å². The Morgan fingerprint density at radius 1 is 1.04 bits per heavy atom. The van der Waals surface area contributed by atoms with Crippen LogP contribution >= 0.6 is 0 Å². The van der Waals surface area contributed by atoms with E-state index in [9.17, 15) is 14.4 Å². The Morgan fingerprint density at radius 2 is 1.69 bits per heavy atom. The summed E-state index contributed by atoms with van der Waals surface area (Å²) in [6, 6.07) is 9.09. The number of hydrogen-bond donors (Lipinski definition) is 2. The van der Waals surface area contributed by atoms with Crippen LogP contribution in [0.4, 0.5) is 0 Å². The largest absolute Gasteiger partial charge is 0.353 e. The molecule has 7 nitrogen and oxygen atoms in total. The number of hydrogen-bond acceptors (Lipinski definition) is 4. The molecule has 0 atom stereocenters. The van der Waals surface area contributed by atoms with Crippen molar-refractivity contribution in [2.24, 2.45) is 0 Å². The lowest BCUT2D eigenvalue weighted by atomic mass is 10.2. The van der Waals surface area contributed by atoms with Crippen molar-refractivity contribution in [1.29, 1.82) is 0 Å². The van der Waals surface area contributed by atoms with Crippen LogP contribution in [0.5, 0.6) is 0 Å². The predicted molar refractivity (Wildman–Crippen MR) is 99.7 cm³/mol. The maximum Gasteiger partial charge on any atom is 0.251 e. The minimum atomic E-state index is -0.167. The Hall–Kier alpha value is -2.41. The van der Waals surface area contributed by atoms with Crippen LogP contribution in [-0.2, 0) is 9.59 Å². The molecule has 0 aromatic heterocycles. The fraction of sp³-hybridized carbons (Fsp3) is 0.526. The van der Waals surface area contributed by atoms with Crippen LogP contribution in [-0.4, -0.2) is 72.8 Å². The second-order valence-corrected chi connectivity index (χ2v) is 6.75. The topological polar surface area (TPSA) is 81.8 Å². The van der Waals surface area contributed by atoms with Crippen molar-refractivity contribution in [3.05, 3.63) is 35.9 Å². The summed E-state index contributed by atoms with van der Waals surface area (Å²) in [6.07, 6.45) is 0.284. The molecule has 1 saturated heterocycles. The summed E-state index contributed by atoms with van der Waals surface area (Å²) >= 11 is 0. The van der Waals surface area contributed by atoms with Gasteiger partial charge in [-0.25, -0.2) is 0 Å². The van der Waals surface area contributed by atoms with E-state index in [4.69, 9.17) is 0 Å². The van der Waals surface area contributed by atoms with Gasteiger partial charge in [0.05, 0.1) is 6.54 Å². The zero-order valence-corrected chi connectivity index (χ0v) is 15.5. The number of nitrogens with zero attached hydrogens (tertiary/aromatic N) is 2. The molecule has 0 spiro atoms. The number of amides is 3. The van der Waals surface area contributed by atoms with Crippen LogP contribution in [0.1, 0.15) is 30.6 Å². The molecule has 1 aliphatic heterocycles. The molecule has 0 saturated carbocycles. The number of nitrogens with one attached hydrogen (secondary N) is 2. The van der Waals surface area contributed by atoms with E-state index in [-0.39, 0.29) is 30.2 Å². The molecule has 1 aromatic rings. The summed E-state index contributed by atoms with van der Waals surface area (Å²) in [5, 5.41) is 5.65. The van der Waals surface area contributed by atoms with Gasteiger partial charge in [0.25, 0.3) is 5.91 Å². The first kappa shape index (κ1) is 19.9. The lowest BCUT2D eigenvalue weighted by Gasteiger charge is -2.34. The van der Waals surface area contributed by atoms with Crippen molar-refractivity contribution in [1.82, 2.24) is 20.4 Å². The molecule has 142 valence electrons. The third-order valence-electron chi connectivity index (χ3n) is 4.20. The van der Waals surface area contributed by atoms with E-state index >= 15 is 0 Å². The first-order chi connectivity index (χ1) is 12.5. The molecule has 7 heteroatoms. The van der Waals surface area contributed by atoms with Crippen LogP contribution in [0.3, 0.4) is 0 Å². The van der Waals surface area contributed by atoms with E-state index in [2.05, 4.69) is 15.5 Å². The van der Waals surface area contributed by atoms with E-state index in [1.54, 1.807) is 29.2 Å². The normalized spacial score (nSPS) is 15.0. The average molecular weight is 360 g/mol. The highest BCUT2D eigenvalue weighted by atomic mass is 16.2. The van der Waals surface area contributed by atoms with Gasteiger partial charge in [-0.3, -0.25) is 19.3 Å². The average Bonchev–Trinajstić information content (AvgIpc) is 2.62. The minimum Gasteiger partial charge on any atom is -0.353 e. The molecule has 2 N–H and O–H groups in total. The molecular weight excluding hydrogens is 332 g/mol. The van der Waals surface area contributed by atoms with Gasteiger partial charge in [0.2, 0.25) is 11.8 Å². The Labute approximate surface area is 154 Å². The van der Waals surface area contributed by atoms with Gasteiger partial charge in [0, 0.05) is 50.7 Å². The van der Waals surface area contributed by atoms with Crippen molar-refractivity contribution < 1.29 is 14.4 Å². The molecule has 2 rings (SSSR count). The fourth-order valence-electron chi connectivity index (χ4n) is 2.86. The third kappa shape index (κ3) is 6.48. The summed E-state index contributed by atoms with van der Waals surface area (Å²) in [5.41, 5.74) is 0.591. The van der Waals surface area contributed by atoms with Crippen molar-refractivity contribution in [2.75, 3.05) is 39.3 Å². The molecule has 26 heavy (non-hydrogen) atoms. The molecule has 1 aliphatic rings. The number of carbonyl (C=O) groups excluding carboxylic acids is 3. The smallest absolute Gasteiger partial charge is 0.251 e. The van der Waals surface area contributed by atoms with Crippen molar-refractivity contribution in [2.45, 2.75) is 26.3 Å². The van der Waals surface area contributed by atoms with E-state index in [1.165, 1.54) is 0 Å². The molecule has 1 aromatic carbocycles. The van der Waals surface area contributed by atoms with Gasteiger partial charge in [-0.1, -0.05) is 18.2 Å². The molecule has 3 amide bonds. The Kier molecular flexibility index (Phi) is 7.59. The number of piperazine rings is 1. The summed E-state index contributed by atoms with van der Waals surface area (Å²) < 4.78 is 0. The van der Waals surface area contributed by atoms with Crippen LogP contribution in [0.15, 0.2) is 30.3 Å². The van der Waals surface area contributed by atoms with Gasteiger partial charge >= 0.3 is 0 Å². The standard InChI is InChI=1S/C19H28N4O3/c1-15(2)21-17(24)14-22-10-12-23(13-11-22)18(25)8-9-20-19(26)16-6-4-3-5-7-16/h3-7,15H,8-14H2,1-2H3,(H,20,26)(H,21,24). The fourth-order valence-corrected chi connectivity index (χ4v) is 2.86. The highest BCUT2D eigenvalue weighted by molar-refractivity contribution is 5.94. The maximum absolute atomic E-state index is 12.3. The first-order valence-electron chi connectivity index (χ1n) is 9.08. The van der Waals surface area contributed by atoms with Crippen LogP contribution in [0.25, 0.3) is 0 Å². The molecule has 1 heterocycles. The van der Waals surface area contributed by atoms with Crippen LogP contribution in [0, 0.1) is 0 Å². The third-order valence-corrected chi connectivity index (χ3v) is 4.20. The van der Waals surface area contributed by atoms with Gasteiger partial charge in [0.15, 0.2) is 0 Å². The van der Waals surface area contributed by atoms with Crippen molar-refractivity contribution in [3.8, 4) is 0 Å². The second kappa shape index (κ2) is 9.91. The van der Waals surface area contributed by atoms with Gasteiger partial charge in [-0.2, -0.15) is 0 Å². The monoisotopic (exact) mass is 360 g/mol. The lowest BCUT2D eigenvalue weighted by molar-refractivity contribution is -0.133.